The largest absolute Gasteiger partial charge is 0.329 e. The third kappa shape index (κ3) is 4.25. The van der Waals surface area contributed by atoms with Crippen molar-refractivity contribution < 1.29 is 0 Å². The molecule has 1 aromatic rings. The molecule has 2 rings (SSSR count). The molecule has 0 aromatic carbocycles. The summed E-state index contributed by atoms with van der Waals surface area (Å²) in [6, 6.07) is 2.05. The molecule has 19 heavy (non-hydrogen) atoms. The molecule has 1 aliphatic rings. The molecule has 1 fully saturated rings. The van der Waals surface area contributed by atoms with Gasteiger partial charge >= 0.3 is 0 Å². The Morgan fingerprint density at radius 2 is 2.11 bits per heavy atom. The van der Waals surface area contributed by atoms with Crippen molar-refractivity contribution in [2.75, 3.05) is 26.2 Å². The molecule has 0 saturated carbocycles. The molecular formula is C15H26N4. The first-order valence-electron chi connectivity index (χ1n) is 7.43. The Kier molecular flexibility index (Phi) is 5.28. The second kappa shape index (κ2) is 6.96. The van der Waals surface area contributed by atoms with Gasteiger partial charge in [0.1, 0.15) is 5.82 Å². The van der Waals surface area contributed by atoms with Crippen molar-refractivity contribution in [3.05, 3.63) is 23.8 Å². The highest BCUT2D eigenvalue weighted by Crippen LogP contribution is 2.25. The minimum atomic E-state index is 0.529. The molecule has 0 radical (unpaired) electrons. The number of hydrogen-bond acceptors (Lipinski definition) is 4. The fourth-order valence-electron chi connectivity index (χ4n) is 2.74. The summed E-state index contributed by atoms with van der Waals surface area (Å²) in [5.74, 6) is 2.22. The maximum Gasteiger partial charge on any atom is 0.131 e. The Labute approximate surface area is 116 Å². The fourth-order valence-corrected chi connectivity index (χ4v) is 2.74. The van der Waals surface area contributed by atoms with Gasteiger partial charge in [0.05, 0.1) is 0 Å². The molecule has 2 N–H and O–H groups in total. The van der Waals surface area contributed by atoms with E-state index < -0.39 is 0 Å². The molecule has 1 aromatic heterocycles. The van der Waals surface area contributed by atoms with Gasteiger partial charge in [0.15, 0.2) is 0 Å². The van der Waals surface area contributed by atoms with Crippen molar-refractivity contribution in [3.8, 4) is 0 Å². The number of aromatic nitrogens is 2. The molecular weight excluding hydrogens is 236 g/mol. The van der Waals surface area contributed by atoms with E-state index in [-0.39, 0.29) is 0 Å². The highest BCUT2D eigenvalue weighted by molar-refractivity contribution is 5.07. The minimum absolute atomic E-state index is 0.529. The van der Waals surface area contributed by atoms with Gasteiger partial charge in [0.25, 0.3) is 0 Å². The van der Waals surface area contributed by atoms with Crippen LogP contribution >= 0.6 is 0 Å². The van der Waals surface area contributed by atoms with Gasteiger partial charge < -0.3 is 10.6 Å². The smallest absolute Gasteiger partial charge is 0.131 e. The minimum Gasteiger partial charge on any atom is -0.329 e. The lowest BCUT2D eigenvalue weighted by molar-refractivity contribution is 0.214. The van der Waals surface area contributed by atoms with E-state index in [1.807, 2.05) is 12.3 Å². The Hall–Kier alpha value is -1.00. The summed E-state index contributed by atoms with van der Waals surface area (Å²) in [5, 5.41) is 0. The summed E-state index contributed by atoms with van der Waals surface area (Å²) in [4.78, 5) is 11.7. The van der Waals surface area contributed by atoms with E-state index in [4.69, 9.17) is 10.7 Å². The van der Waals surface area contributed by atoms with E-state index >= 15 is 0 Å². The molecule has 106 valence electrons. The first-order valence-corrected chi connectivity index (χ1v) is 7.43. The number of piperidine rings is 1. The fraction of sp³-hybridized carbons (Fsp3) is 0.733. The highest BCUT2D eigenvalue weighted by atomic mass is 15.1. The van der Waals surface area contributed by atoms with Gasteiger partial charge in [-0.25, -0.2) is 9.97 Å². The second-order valence-electron chi connectivity index (χ2n) is 5.91. The summed E-state index contributed by atoms with van der Waals surface area (Å²) in [5.41, 5.74) is 6.79. The Morgan fingerprint density at radius 3 is 2.74 bits per heavy atom. The van der Waals surface area contributed by atoms with Crippen LogP contribution in [0.25, 0.3) is 0 Å². The Balaban J connectivity index is 1.95. The lowest BCUT2D eigenvalue weighted by Crippen LogP contribution is -2.36. The molecule has 0 atom stereocenters. The monoisotopic (exact) mass is 262 g/mol. The molecule has 0 aliphatic carbocycles. The van der Waals surface area contributed by atoms with Crippen LogP contribution < -0.4 is 5.73 Å². The molecule has 4 nitrogen and oxygen atoms in total. The van der Waals surface area contributed by atoms with Crippen molar-refractivity contribution in [3.63, 3.8) is 0 Å². The SMILES string of the molecule is CC(C)Cc1ccnc(C2CCN(CCN)CC2)n1. The van der Waals surface area contributed by atoms with Crippen molar-refractivity contribution in [2.45, 2.75) is 39.0 Å². The average Bonchev–Trinajstić information content (AvgIpc) is 2.39. The maximum atomic E-state index is 5.60. The van der Waals surface area contributed by atoms with E-state index in [9.17, 15) is 0 Å². The summed E-state index contributed by atoms with van der Waals surface area (Å²) < 4.78 is 0. The molecule has 4 heteroatoms. The lowest BCUT2D eigenvalue weighted by Gasteiger charge is -2.30. The molecule has 2 heterocycles. The normalized spacial score (nSPS) is 18.1. The van der Waals surface area contributed by atoms with E-state index in [1.54, 1.807) is 0 Å². The van der Waals surface area contributed by atoms with Crippen LogP contribution in [-0.2, 0) is 6.42 Å². The van der Waals surface area contributed by atoms with Gasteiger partial charge in [-0.15, -0.1) is 0 Å². The van der Waals surface area contributed by atoms with Gasteiger partial charge in [-0.3, -0.25) is 0 Å². The van der Waals surface area contributed by atoms with Gasteiger partial charge in [-0.05, 0) is 44.3 Å². The summed E-state index contributed by atoms with van der Waals surface area (Å²) in [6.07, 6.45) is 5.28. The van der Waals surface area contributed by atoms with Gasteiger partial charge in [-0.1, -0.05) is 13.8 Å². The van der Waals surface area contributed by atoms with Gasteiger partial charge in [-0.2, -0.15) is 0 Å². The van der Waals surface area contributed by atoms with E-state index in [0.717, 1.165) is 51.3 Å². The van der Waals surface area contributed by atoms with E-state index in [0.29, 0.717) is 11.8 Å². The summed E-state index contributed by atoms with van der Waals surface area (Å²) in [6.45, 7) is 8.48. The third-order valence-corrected chi connectivity index (χ3v) is 3.75. The van der Waals surface area contributed by atoms with Crippen molar-refractivity contribution >= 4 is 0 Å². The number of hydrogen-bond donors (Lipinski definition) is 1. The van der Waals surface area contributed by atoms with Crippen LogP contribution in [0.4, 0.5) is 0 Å². The Morgan fingerprint density at radius 1 is 1.37 bits per heavy atom. The highest BCUT2D eigenvalue weighted by Gasteiger charge is 2.22. The number of likely N-dealkylation sites (tertiary alicyclic amines) is 1. The van der Waals surface area contributed by atoms with Crippen LogP contribution in [0.2, 0.25) is 0 Å². The van der Waals surface area contributed by atoms with Crippen LogP contribution in [0, 0.1) is 5.92 Å². The number of rotatable bonds is 5. The van der Waals surface area contributed by atoms with Crippen molar-refractivity contribution in [1.82, 2.24) is 14.9 Å². The zero-order chi connectivity index (χ0) is 13.7. The summed E-state index contributed by atoms with van der Waals surface area (Å²) >= 11 is 0. The van der Waals surface area contributed by atoms with E-state index in [2.05, 4.69) is 23.7 Å². The number of nitrogens with two attached hydrogens (primary N) is 1. The molecule has 0 unspecified atom stereocenters. The van der Waals surface area contributed by atoms with Crippen molar-refractivity contribution in [1.29, 1.82) is 0 Å². The Bertz CT molecular complexity index is 383. The topological polar surface area (TPSA) is 55.0 Å². The summed E-state index contributed by atoms with van der Waals surface area (Å²) in [7, 11) is 0. The first-order chi connectivity index (χ1) is 9.19. The molecule has 1 saturated heterocycles. The van der Waals surface area contributed by atoms with Crippen molar-refractivity contribution in [2.24, 2.45) is 11.7 Å². The quantitative estimate of drug-likeness (QED) is 0.879. The predicted octanol–water partition coefficient (Wildman–Crippen LogP) is 1.81. The van der Waals surface area contributed by atoms with Crippen LogP contribution in [0.15, 0.2) is 12.3 Å². The second-order valence-corrected chi connectivity index (χ2v) is 5.91. The van der Waals surface area contributed by atoms with Crippen LogP contribution in [0.5, 0.6) is 0 Å². The zero-order valence-electron chi connectivity index (χ0n) is 12.2. The van der Waals surface area contributed by atoms with Gasteiger partial charge in [0.2, 0.25) is 0 Å². The molecule has 0 amide bonds. The molecule has 1 aliphatic heterocycles. The predicted molar refractivity (Wildman–Crippen MR) is 78.0 cm³/mol. The molecule has 0 spiro atoms. The lowest BCUT2D eigenvalue weighted by atomic mass is 9.95. The van der Waals surface area contributed by atoms with Crippen LogP contribution in [-0.4, -0.2) is 41.0 Å². The first kappa shape index (κ1) is 14.4. The van der Waals surface area contributed by atoms with Gasteiger partial charge in [0, 0.05) is 30.9 Å². The molecule has 0 bridgehead atoms. The zero-order valence-corrected chi connectivity index (χ0v) is 12.2. The standard InChI is InChI=1S/C15H26N4/c1-12(2)11-14-3-7-17-15(18-14)13-4-8-19(9-5-13)10-6-16/h3,7,12-13H,4-6,8-11,16H2,1-2H3. The van der Waals surface area contributed by atoms with E-state index in [1.165, 1.54) is 5.69 Å². The number of nitrogens with zero attached hydrogens (tertiary/aromatic N) is 3. The third-order valence-electron chi connectivity index (χ3n) is 3.75. The average molecular weight is 262 g/mol. The van der Waals surface area contributed by atoms with Crippen LogP contribution in [0.1, 0.15) is 44.1 Å². The van der Waals surface area contributed by atoms with Crippen LogP contribution in [0.3, 0.4) is 0 Å². The maximum absolute atomic E-state index is 5.60.